The van der Waals surface area contributed by atoms with Gasteiger partial charge in [0, 0.05) is 0 Å². The smallest absolute Gasteiger partial charge is 0.306 e. The first-order chi connectivity index (χ1) is 6.90. The van der Waals surface area contributed by atoms with Crippen LogP contribution < -0.4 is 5.43 Å². The number of amidine groups is 1. The fourth-order valence-electron chi connectivity index (χ4n) is 1.26. The second-order valence-corrected chi connectivity index (χ2v) is 2.88. The molecule has 1 aromatic carbocycles. The van der Waals surface area contributed by atoms with Gasteiger partial charge in [-0.15, -0.1) is 0 Å². The number of ether oxygens (including phenoxy) is 1. The molecule has 1 atom stereocenters. The molecule has 72 valence electrons. The summed E-state index contributed by atoms with van der Waals surface area (Å²) in [6.45, 7) is 0. The van der Waals surface area contributed by atoms with E-state index >= 15 is 0 Å². The number of methoxy groups -OCH3 is 1. The van der Waals surface area contributed by atoms with Crippen LogP contribution in [0, 0.1) is 0 Å². The number of hydrogen-bond donors (Lipinski definition) is 1. The van der Waals surface area contributed by atoms with Gasteiger partial charge >= 0.3 is 6.02 Å². The monoisotopic (exact) mass is 189 g/mol. The largest absolute Gasteiger partial charge is 0.467 e. The van der Waals surface area contributed by atoms with Crippen LogP contribution in [0.2, 0.25) is 0 Å². The summed E-state index contributed by atoms with van der Waals surface area (Å²) in [6, 6.07) is 10.4. The van der Waals surface area contributed by atoms with Crippen LogP contribution in [-0.2, 0) is 4.74 Å². The zero-order valence-corrected chi connectivity index (χ0v) is 7.84. The fourth-order valence-corrected chi connectivity index (χ4v) is 1.26. The number of rotatable bonds is 1. The molecular weight excluding hydrogens is 178 g/mol. The summed E-state index contributed by atoms with van der Waals surface area (Å²) in [5.41, 5.74) is 3.77. The molecule has 0 aromatic heterocycles. The molecule has 4 heteroatoms. The van der Waals surface area contributed by atoms with Crippen LogP contribution in [0.1, 0.15) is 11.6 Å². The van der Waals surface area contributed by atoms with Crippen LogP contribution in [0.3, 0.4) is 0 Å². The Bertz CT molecular complexity index is 359. The molecule has 0 aliphatic carbocycles. The highest BCUT2D eigenvalue weighted by molar-refractivity contribution is 5.81. The van der Waals surface area contributed by atoms with Crippen molar-refractivity contribution in [2.45, 2.75) is 6.04 Å². The molecule has 0 unspecified atom stereocenters. The molecule has 0 radical (unpaired) electrons. The summed E-state index contributed by atoms with van der Waals surface area (Å²) in [6.07, 6.45) is 1.75. The number of nitrogens with one attached hydrogen (secondary N) is 1. The Balaban J connectivity index is 2.23. The van der Waals surface area contributed by atoms with Crippen LogP contribution in [0.4, 0.5) is 0 Å². The lowest BCUT2D eigenvalue weighted by Gasteiger charge is -2.14. The maximum Gasteiger partial charge on any atom is 0.306 e. The van der Waals surface area contributed by atoms with Crippen LogP contribution in [-0.4, -0.2) is 19.3 Å². The highest BCUT2D eigenvalue weighted by Crippen LogP contribution is 2.16. The second kappa shape index (κ2) is 3.91. The van der Waals surface area contributed by atoms with Crippen molar-refractivity contribution in [3.63, 3.8) is 0 Å². The van der Waals surface area contributed by atoms with E-state index in [2.05, 4.69) is 15.5 Å². The van der Waals surface area contributed by atoms with Crippen LogP contribution in [0.5, 0.6) is 0 Å². The average Bonchev–Trinajstić information content (AvgIpc) is 2.30. The van der Waals surface area contributed by atoms with E-state index in [0.29, 0.717) is 6.02 Å². The van der Waals surface area contributed by atoms with E-state index in [-0.39, 0.29) is 6.04 Å². The number of hydrogen-bond acceptors (Lipinski definition) is 4. The molecule has 4 nitrogen and oxygen atoms in total. The van der Waals surface area contributed by atoms with Crippen molar-refractivity contribution in [3.05, 3.63) is 35.9 Å². The van der Waals surface area contributed by atoms with Gasteiger partial charge in [0.25, 0.3) is 0 Å². The number of nitrogens with zero attached hydrogens (tertiary/aromatic N) is 2. The maximum absolute atomic E-state index is 4.97. The van der Waals surface area contributed by atoms with Crippen LogP contribution in [0.25, 0.3) is 0 Å². The van der Waals surface area contributed by atoms with Gasteiger partial charge in [-0.2, -0.15) is 5.10 Å². The van der Waals surface area contributed by atoms with E-state index in [1.54, 1.807) is 13.3 Å². The normalized spacial score (nSPS) is 19.8. The summed E-state index contributed by atoms with van der Waals surface area (Å²) < 4.78 is 4.97. The Kier molecular flexibility index (Phi) is 2.44. The Labute approximate surface area is 82.3 Å². The third kappa shape index (κ3) is 1.74. The predicted molar refractivity (Wildman–Crippen MR) is 55.3 cm³/mol. The van der Waals surface area contributed by atoms with E-state index in [1.807, 2.05) is 30.3 Å². The third-order valence-corrected chi connectivity index (χ3v) is 1.97. The average molecular weight is 189 g/mol. The highest BCUT2D eigenvalue weighted by Gasteiger charge is 2.12. The number of hydrazone groups is 1. The van der Waals surface area contributed by atoms with Gasteiger partial charge in [0.15, 0.2) is 0 Å². The predicted octanol–water partition coefficient (Wildman–Crippen LogP) is 1.32. The fraction of sp³-hybridized carbons (Fsp3) is 0.200. The van der Waals surface area contributed by atoms with Gasteiger partial charge in [-0.3, -0.25) is 0 Å². The SMILES string of the molecule is COC1=N[C@@H](c2ccccc2)C=NN1. The molecule has 0 amide bonds. The van der Waals surface area contributed by atoms with Crippen molar-refractivity contribution in [1.29, 1.82) is 0 Å². The Morgan fingerprint density at radius 1 is 1.29 bits per heavy atom. The van der Waals surface area contributed by atoms with Gasteiger partial charge in [0.2, 0.25) is 0 Å². The number of aliphatic imine (C=N–C) groups is 1. The van der Waals surface area contributed by atoms with E-state index in [9.17, 15) is 0 Å². The molecule has 0 fully saturated rings. The lowest BCUT2D eigenvalue weighted by Crippen LogP contribution is -2.25. The van der Waals surface area contributed by atoms with Crippen LogP contribution in [0.15, 0.2) is 40.4 Å². The first-order valence-electron chi connectivity index (χ1n) is 4.36. The van der Waals surface area contributed by atoms with Gasteiger partial charge in [-0.05, 0) is 5.56 Å². The second-order valence-electron chi connectivity index (χ2n) is 2.88. The molecule has 1 aliphatic rings. The van der Waals surface area contributed by atoms with Crippen molar-refractivity contribution in [1.82, 2.24) is 5.43 Å². The standard InChI is InChI=1S/C10H11N3O/c1-14-10-12-9(7-11-13-10)8-5-3-2-4-6-8/h2-7,9H,1H3,(H,12,13)/t9-/m1/s1. The van der Waals surface area contributed by atoms with E-state index in [4.69, 9.17) is 4.74 Å². The Morgan fingerprint density at radius 3 is 2.79 bits per heavy atom. The lowest BCUT2D eigenvalue weighted by molar-refractivity contribution is 0.376. The van der Waals surface area contributed by atoms with Gasteiger partial charge in [-0.1, -0.05) is 30.3 Å². The molecule has 1 N–H and O–H groups in total. The van der Waals surface area contributed by atoms with Gasteiger partial charge in [0.1, 0.15) is 6.04 Å². The summed E-state index contributed by atoms with van der Waals surface area (Å²) in [5.74, 6) is 0. The van der Waals surface area contributed by atoms with Crippen molar-refractivity contribution in [2.24, 2.45) is 10.1 Å². The molecule has 14 heavy (non-hydrogen) atoms. The summed E-state index contributed by atoms with van der Waals surface area (Å²) >= 11 is 0. The number of benzene rings is 1. The summed E-state index contributed by atoms with van der Waals surface area (Å²) in [5, 5.41) is 3.96. The summed E-state index contributed by atoms with van der Waals surface area (Å²) in [4.78, 5) is 4.30. The molecule has 1 heterocycles. The van der Waals surface area contributed by atoms with E-state index in [1.165, 1.54) is 0 Å². The zero-order chi connectivity index (χ0) is 9.80. The van der Waals surface area contributed by atoms with E-state index in [0.717, 1.165) is 5.56 Å². The minimum absolute atomic E-state index is 0.0487. The van der Waals surface area contributed by atoms with Crippen molar-refractivity contribution < 1.29 is 4.74 Å². The van der Waals surface area contributed by atoms with Crippen molar-refractivity contribution >= 4 is 12.2 Å². The molecule has 1 aliphatic heterocycles. The first kappa shape index (κ1) is 8.74. The van der Waals surface area contributed by atoms with Crippen molar-refractivity contribution in [3.8, 4) is 0 Å². The zero-order valence-electron chi connectivity index (χ0n) is 7.84. The summed E-state index contributed by atoms with van der Waals surface area (Å²) in [7, 11) is 1.56. The topological polar surface area (TPSA) is 46.0 Å². The van der Waals surface area contributed by atoms with E-state index < -0.39 is 0 Å². The molecule has 2 rings (SSSR count). The molecule has 0 saturated heterocycles. The van der Waals surface area contributed by atoms with Gasteiger partial charge in [-0.25, -0.2) is 10.4 Å². The quantitative estimate of drug-likeness (QED) is 0.724. The minimum atomic E-state index is -0.0487. The Morgan fingerprint density at radius 2 is 2.07 bits per heavy atom. The first-order valence-corrected chi connectivity index (χ1v) is 4.36. The Hall–Kier alpha value is -1.84. The molecule has 0 bridgehead atoms. The molecule has 1 aromatic rings. The van der Waals surface area contributed by atoms with Crippen LogP contribution >= 0.6 is 0 Å². The minimum Gasteiger partial charge on any atom is -0.467 e. The molecular formula is C10H11N3O. The lowest BCUT2D eigenvalue weighted by atomic mass is 10.1. The third-order valence-electron chi connectivity index (χ3n) is 1.97. The molecule has 0 spiro atoms. The highest BCUT2D eigenvalue weighted by atomic mass is 16.5. The maximum atomic E-state index is 4.97. The van der Waals surface area contributed by atoms with Gasteiger partial charge < -0.3 is 4.74 Å². The molecule has 0 saturated carbocycles. The van der Waals surface area contributed by atoms with Crippen molar-refractivity contribution in [2.75, 3.05) is 7.11 Å². The van der Waals surface area contributed by atoms with Gasteiger partial charge in [0.05, 0.1) is 13.3 Å².